The summed E-state index contributed by atoms with van der Waals surface area (Å²) >= 11 is 0. The molecule has 9 rings (SSSR count). The van der Waals surface area contributed by atoms with E-state index in [-0.39, 0.29) is 10.8 Å². The first-order valence-corrected chi connectivity index (χ1v) is 18.4. The molecule has 3 aliphatic heterocycles. The quantitative estimate of drug-likeness (QED) is 0.186. The number of fused-ring (bicyclic) bond motifs is 6. The van der Waals surface area contributed by atoms with Crippen molar-refractivity contribution >= 4 is 44.6 Å². The average Bonchev–Trinajstić information content (AvgIpc) is 3.79. The number of benzene rings is 5. The van der Waals surface area contributed by atoms with E-state index < -0.39 is 5.41 Å². The molecule has 1 unspecified atom stereocenters. The Bertz CT molecular complexity index is 2420. The van der Waals surface area contributed by atoms with Crippen molar-refractivity contribution in [2.24, 2.45) is 0 Å². The number of anilines is 4. The van der Waals surface area contributed by atoms with Gasteiger partial charge in [-0.15, -0.1) is 0 Å². The van der Waals surface area contributed by atoms with E-state index in [0.29, 0.717) is 0 Å². The molecule has 5 aromatic carbocycles. The average molecular weight is 672 g/mol. The molecule has 258 valence electrons. The second-order valence-corrected chi connectivity index (χ2v) is 17.3. The largest absolute Gasteiger partial charge is 0.361 e. The van der Waals surface area contributed by atoms with Gasteiger partial charge in [-0.1, -0.05) is 84.0 Å². The molecule has 5 nitrogen and oxygen atoms in total. The Morgan fingerprint density at radius 3 is 2.08 bits per heavy atom. The number of nitrogens with zero attached hydrogens (tertiary/aromatic N) is 5. The lowest BCUT2D eigenvalue weighted by Crippen LogP contribution is -2.33. The van der Waals surface area contributed by atoms with Crippen LogP contribution in [0.25, 0.3) is 27.5 Å². The first-order chi connectivity index (χ1) is 24.2. The summed E-state index contributed by atoms with van der Waals surface area (Å²) in [6.45, 7) is 18.1. The topological polar surface area (TPSA) is 17.9 Å². The summed E-state index contributed by atoms with van der Waals surface area (Å²) in [7, 11) is 4.33. The van der Waals surface area contributed by atoms with Crippen LogP contribution in [-0.2, 0) is 16.2 Å². The maximum absolute atomic E-state index is 2.56. The highest BCUT2D eigenvalue weighted by atomic mass is 15.4. The molecule has 4 heterocycles. The minimum atomic E-state index is -0.432. The zero-order valence-electron chi connectivity index (χ0n) is 31.5. The summed E-state index contributed by atoms with van der Waals surface area (Å²) in [6, 6.07) is 37.5. The highest BCUT2D eigenvalue weighted by Gasteiger charge is 2.42. The van der Waals surface area contributed by atoms with Crippen LogP contribution in [-0.4, -0.2) is 36.9 Å². The summed E-state index contributed by atoms with van der Waals surface area (Å²) in [5.74, 6) is 0. The zero-order chi connectivity index (χ0) is 35.6. The van der Waals surface area contributed by atoms with E-state index in [1.807, 2.05) is 0 Å². The van der Waals surface area contributed by atoms with E-state index in [1.54, 1.807) is 0 Å². The van der Waals surface area contributed by atoms with E-state index in [0.717, 1.165) is 13.3 Å². The van der Waals surface area contributed by atoms with Crippen molar-refractivity contribution in [3.63, 3.8) is 0 Å². The van der Waals surface area contributed by atoms with Gasteiger partial charge in [0.05, 0.1) is 41.4 Å². The Kier molecular flexibility index (Phi) is 6.66. The van der Waals surface area contributed by atoms with Crippen molar-refractivity contribution in [3.8, 4) is 5.69 Å². The van der Waals surface area contributed by atoms with Crippen LogP contribution in [0.2, 0.25) is 0 Å². The number of para-hydroxylation sites is 3. The first-order valence-electron chi connectivity index (χ1n) is 18.4. The molecule has 0 fully saturated rings. The predicted octanol–water partition coefficient (Wildman–Crippen LogP) is 10.8. The van der Waals surface area contributed by atoms with Gasteiger partial charge in [0.1, 0.15) is 0 Å². The summed E-state index contributed by atoms with van der Waals surface area (Å²) in [5.41, 5.74) is 15.1. The fourth-order valence-electron chi connectivity index (χ4n) is 8.73. The number of hydrogen-bond donors (Lipinski definition) is 0. The van der Waals surface area contributed by atoms with Crippen LogP contribution in [0.3, 0.4) is 0 Å². The summed E-state index contributed by atoms with van der Waals surface area (Å²) < 4.78 is 2.56. The van der Waals surface area contributed by atoms with Crippen LogP contribution in [0.5, 0.6) is 0 Å². The van der Waals surface area contributed by atoms with Gasteiger partial charge in [0.15, 0.2) is 0 Å². The highest BCUT2D eigenvalue weighted by Crippen LogP contribution is 2.53. The molecule has 0 aliphatic carbocycles. The molecule has 0 saturated carbocycles. The molecule has 0 amide bonds. The first kappa shape index (κ1) is 31.8. The van der Waals surface area contributed by atoms with Crippen molar-refractivity contribution in [2.45, 2.75) is 64.7 Å². The number of aromatic nitrogens is 1. The smallest absolute Gasteiger partial charge is 0.0950 e. The SMILES string of the molecule is CN1C=CN(c2ccc3c(c2)C(C)(c2cc(N4CN(C)c5ccccc54)cc(C(C)(C)C)c2)c2cccc4c5cc(C(C)(C)C)ccc5n-3c24)C1. The number of hydrogen-bond acceptors (Lipinski definition) is 4. The second-order valence-electron chi connectivity index (χ2n) is 17.3. The molecule has 0 radical (unpaired) electrons. The molecule has 0 saturated heterocycles. The van der Waals surface area contributed by atoms with Crippen molar-refractivity contribution in [1.82, 2.24) is 9.47 Å². The fraction of sp³-hybridized carbons (Fsp3) is 0.304. The lowest BCUT2D eigenvalue weighted by molar-refractivity contribution is 0.495. The van der Waals surface area contributed by atoms with Crippen LogP contribution in [0.4, 0.5) is 22.7 Å². The molecule has 1 aromatic heterocycles. The lowest BCUT2D eigenvalue weighted by atomic mass is 9.67. The minimum absolute atomic E-state index is 0.0409. The molecular formula is C46H49N5. The van der Waals surface area contributed by atoms with Gasteiger partial charge in [-0.3, -0.25) is 0 Å². The van der Waals surface area contributed by atoms with E-state index in [2.05, 4.69) is 196 Å². The Morgan fingerprint density at radius 2 is 1.35 bits per heavy atom. The Balaban J connectivity index is 1.36. The third-order valence-electron chi connectivity index (χ3n) is 11.8. The number of rotatable bonds is 3. The Labute approximate surface area is 303 Å². The molecule has 0 spiro atoms. The molecule has 1 atom stereocenters. The summed E-state index contributed by atoms with van der Waals surface area (Å²) in [6.07, 6.45) is 4.36. The molecule has 3 aliphatic rings. The monoisotopic (exact) mass is 671 g/mol. The van der Waals surface area contributed by atoms with Gasteiger partial charge in [0.25, 0.3) is 0 Å². The molecule has 6 aromatic rings. The molecule has 0 bridgehead atoms. The maximum Gasteiger partial charge on any atom is 0.0950 e. The van der Waals surface area contributed by atoms with Crippen molar-refractivity contribution in [1.29, 1.82) is 0 Å². The second kappa shape index (κ2) is 10.7. The third kappa shape index (κ3) is 4.66. The maximum atomic E-state index is 2.56. The van der Waals surface area contributed by atoms with E-state index >= 15 is 0 Å². The summed E-state index contributed by atoms with van der Waals surface area (Å²) in [4.78, 5) is 9.43. The van der Waals surface area contributed by atoms with Gasteiger partial charge in [0, 0.05) is 54.1 Å². The van der Waals surface area contributed by atoms with Gasteiger partial charge in [-0.2, -0.15) is 0 Å². The Hall–Kier alpha value is -5.16. The third-order valence-corrected chi connectivity index (χ3v) is 11.8. The highest BCUT2D eigenvalue weighted by molar-refractivity contribution is 6.12. The predicted molar refractivity (Wildman–Crippen MR) is 216 cm³/mol. The normalized spacial score (nSPS) is 18.4. The standard InChI is InChI=1S/C46H49N5/c1-44(2,3)30-17-19-39-36(26-30)35-13-12-14-37-43(35)51(39)40-20-18-33(49-22-21-47(8)28-49)27-38(40)46(37,7)32-23-31(45(4,5)6)24-34(25-32)50-29-48(9)41-15-10-11-16-42(41)50/h10-27H,28-29H2,1-9H3. The fourth-order valence-corrected chi connectivity index (χ4v) is 8.73. The van der Waals surface area contributed by atoms with Crippen LogP contribution in [0.15, 0.2) is 109 Å². The van der Waals surface area contributed by atoms with Crippen LogP contribution in [0, 0.1) is 0 Å². The van der Waals surface area contributed by atoms with Crippen molar-refractivity contribution in [2.75, 3.05) is 42.1 Å². The Morgan fingerprint density at radius 1 is 0.588 bits per heavy atom. The summed E-state index contributed by atoms with van der Waals surface area (Å²) in [5, 5.41) is 2.64. The van der Waals surface area contributed by atoms with Crippen molar-refractivity contribution in [3.05, 3.63) is 137 Å². The van der Waals surface area contributed by atoms with Crippen molar-refractivity contribution < 1.29 is 0 Å². The molecule has 5 heteroatoms. The minimum Gasteiger partial charge on any atom is -0.361 e. The van der Waals surface area contributed by atoms with Gasteiger partial charge in [0.2, 0.25) is 0 Å². The van der Waals surface area contributed by atoms with E-state index in [9.17, 15) is 0 Å². The van der Waals surface area contributed by atoms with Gasteiger partial charge in [-0.05, 0) is 100 Å². The van der Waals surface area contributed by atoms with E-state index in [4.69, 9.17) is 0 Å². The van der Waals surface area contributed by atoms with Gasteiger partial charge < -0.3 is 24.2 Å². The zero-order valence-corrected chi connectivity index (χ0v) is 31.5. The van der Waals surface area contributed by atoms with Crippen LogP contribution < -0.4 is 14.7 Å². The lowest BCUT2D eigenvalue weighted by Gasteiger charge is -2.40. The molecule has 51 heavy (non-hydrogen) atoms. The van der Waals surface area contributed by atoms with Crippen LogP contribution >= 0.6 is 0 Å². The van der Waals surface area contributed by atoms with E-state index in [1.165, 1.54) is 78.1 Å². The van der Waals surface area contributed by atoms with Gasteiger partial charge >= 0.3 is 0 Å². The molecular weight excluding hydrogens is 623 g/mol. The van der Waals surface area contributed by atoms with Crippen LogP contribution in [0.1, 0.15) is 76.3 Å². The molecule has 0 N–H and O–H groups in total. The van der Waals surface area contributed by atoms with Gasteiger partial charge in [-0.25, -0.2) is 0 Å².